The van der Waals surface area contributed by atoms with Crippen molar-refractivity contribution >= 4 is 0 Å². The Bertz CT molecular complexity index is 471. The van der Waals surface area contributed by atoms with Gasteiger partial charge in [0.05, 0.1) is 18.9 Å². The molecule has 0 radical (unpaired) electrons. The van der Waals surface area contributed by atoms with Gasteiger partial charge in [0.15, 0.2) is 0 Å². The van der Waals surface area contributed by atoms with Crippen LogP contribution in [0.25, 0.3) is 0 Å². The normalized spacial score (nSPS) is 12.1. The fourth-order valence-corrected chi connectivity index (χ4v) is 1.71. The molecule has 0 spiro atoms. The molecule has 0 aliphatic heterocycles. The van der Waals surface area contributed by atoms with Crippen molar-refractivity contribution in [3.8, 4) is 5.88 Å². The predicted octanol–water partition coefficient (Wildman–Crippen LogP) is 2.15. The molecule has 0 aliphatic carbocycles. The zero-order valence-electron chi connectivity index (χ0n) is 10.3. The average molecular weight is 244 g/mol. The van der Waals surface area contributed by atoms with Gasteiger partial charge < -0.3 is 9.84 Å². The monoisotopic (exact) mass is 244 g/mol. The summed E-state index contributed by atoms with van der Waals surface area (Å²) in [4.78, 5) is 0. The molecule has 1 unspecified atom stereocenters. The zero-order chi connectivity index (χ0) is 12.8. The van der Waals surface area contributed by atoms with Crippen molar-refractivity contribution in [1.29, 1.82) is 0 Å². The van der Waals surface area contributed by atoms with Crippen molar-refractivity contribution < 1.29 is 9.84 Å². The van der Waals surface area contributed by atoms with Crippen molar-refractivity contribution in [2.75, 3.05) is 7.11 Å². The topological polar surface area (TPSA) is 55.2 Å². The maximum absolute atomic E-state index is 10.0. The third-order valence-corrected chi connectivity index (χ3v) is 2.76. The number of hydrogen-bond acceptors (Lipinski definition) is 4. The predicted molar refractivity (Wildman–Crippen MR) is 68.3 cm³/mol. The van der Waals surface area contributed by atoms with Gasteiger partial charge in [0.25, 0.3) is 0 Å². The highest BCUT2D eigenvalue weighted by Crippen LogP contribution is 2.17. The van der Waals surface area contributed by atoms with Crippen molar-refractivity contribution in [2.45, 2.75) is 18.9 Å². The first kappa shape index (κ1) is 12.5. The number of nitrogens with zero attached hydrogens (tertiary/aromatic N) is 2. The lowest BCUT2D eigenvalue weighted by Gasteiger charge is -2.09. The lowest BCUT2D eigenvalue weighted by molar-refractivity contribution is 0.161. The third-order valence-electron chi connectivity index (χ3n) is 2.76. The molecule has 2 aromatic rings. The van der Waals surface area contributed by atoms with Gasteiger partial charge in [-0.05, 0) is 24.5 Å². The molecule has 0 saturated heterocycles. The first-order valence-electron chi connectivity index (χ1n) is 5.89. The second kappa shape index (κ2) is 6.12. The number of rotatable bonds is 5. The highest BCUT2D eigenvalue weighted by molar-refractivity contribution is 5.16. The Labute approximate surface area is 106 Å². The van der Waals surface area contributed by atoms with Gasteiger partial charge in [-0.15, -0.1) is 10.2 Å². The molecule has 4 heteroatoms. The molecule has 2 rings (SSSR count). The molecule has 1 N–H and O–H groups in total. The van der Waals surface area contributed by atoms with E-state index < -0.39 is 6.10 Å². The highest BCUT2D eigenvalue weighted by atomic mass is 16.5. The summed E-state index contributed by atoms with van der Waals surface area (Å²) in [7, 11) is 1.54. The van der Waals surface area contributed by atoms with Gasteiger partial charge in [0, 0.05) is 6.07 Å². The summed E-state index contributed by atoms with van der Waals surface area (Å²) in [5, 5.41) is 17.8. The summed E-state index contributed by atoms with van der Waals surface area (Å²) in [6.07, 6.45) is 0.851. The molecular formula is C14H16N2O2. The summed E-state index contributed by atoms with van der Waals surface area (Å²) in [6, 6.07) is 13.5. The van der Waals surface area contributed by atoms with Crippen LogP contribution in [0.1, 0.15) is 23.8 Å². The fraction of sp³-hybridized carbons (Fsp3) is 0.286. The van der Waals surface area contributed by atoms with E-state index in [1.807, 2.05) is 30.3 Å². The van der Waals surface area contributed by atoms with Gasteiger partial charge in [-0.3, -0.25) is 0 Å². The van der Waals surface area contributed by atoms with Gasteiger partial charge in [0.1, 0.15) is 0 Å². The van der Waals surface area contributed by atoms with Gasteiger partial charge in [0.2, 0.25) is 5.88 Å². The van der Waals surface area contributed by atoms with E-state index in [1.54, 1.807) is 12.1 Å². The molecule has 1 aromatic heterocycles. The van der Waals surface area contributed by atoms with Crippen LogP contribution < -0.4 is 4.74 Å². The lowest BCUT2D eigenvalue weighted by atomic mass is 10.1. The van der Waals surface area contributed by atoms with E-state index in [1.165, 1.54) is 12.7 Å². The minimum atomic E-state index is -0.594. The van der Waals surface area contributed by atoms with E-state index in [4.69, 9.17) is 4.74 Å². The molecule has 1 heterocycles. The molecule has 0 amide bonds. The first-order chi connectivity index (χ1) is 8.79. The standard InChI is InChI=1S/C14H16N2O2/c1-18-14-10-8-12(15-16-14)13(17)9-7-11-5-3-2-4-6-11/h2-6,8,10,13,17H,7,9H2,1H3. The Morgan fingerprint density at radius 3 is 2.50 bits per heavy atom. The van der Waals surface area contributed by atoms with Gasteiger partial charge >= 0.3 is 0 Å². The zero-order valence-corrected chi connectivity index (χ0v) is 10.3. The molecule has 0 fully saturated rings. The van der Waals surface area contributed by atoms with Crippen LogP contribution in [0.4, 0.5) is 0 Å². The number of benzene rings is 1. The van der Waals surface area contributed by atoms with E-state index in [-0.39, 0.29) is 0 Å². The van der Waals surface area contributed by atoms with Crippen LogP contribution >= 0.6 is 0 Å². The van der Waals surface area contributed by atoms with E-state index in [0.29, 0.717) is 18.0 Å². The molecular weight excluding hydrogens is 228 g/mol. The van der Waals surface area contributed by atoms with Crippen LogP contribution in [0.5, 0.6) is 5.88 Å². The maximum atomic E-state index is 10.0. The summed E-state index contributed by atoms with van der Waals surface area (Å²) in [5.74, 6) is 0.453. The Hall–Kier alpha value is -1.94. The van der Waals surface area contributed by atoms with Crippen LogP contribution in [0.15, 0.2) is 42.5 Å². The van der Waals surface area contributed by atoms with E-state index >= 15 is 0 Å². The van der Waals surface area contributed by atoms with Crippen molar-refractivity contribution in [3.05, 3.63) is 53.7 Å². The fourth-order valence-electron chi connectivity index (χ4n) is 1.71. The number of hydrogen-bond donors (Lipinski definition) is 1. The second-order valence-electron chi connectivity index (χ2n) is 4.04. The number of aliphatic hydroxyl groups excluding tert-OH is 1. The Balaban J connectivity index is 1.93. The molecule has 0 saturated carbocycles. The minimum absolute atomic E-state index is 0.453. The van der Waals surface area contributed by atoms with Crippen LogP contribution in [0.2, 0.25) is 0 Å². The third kappa shape index (κ3) is 3.28. The quantitative estimate of drug-likeness (QED) is 0.875. The summed E-state index contributed by atoms with van der Waals surface area (Å²) in [5.41, 5.74) is 1.78. The number of aromatic nitrogens is 2. The van der Waals surface area contributed by atoms with Crippen LogP contribution in [-0.4, -0.2) is 22.4 Å². The lowest BCUT2D eigenvalue weighted by Crippen LogP contribution is -2.04. The van der Waals surface area contributed by atoms with Crippen molar-refractivity contribution in [1.82, 2.24) is 10.2 Å². The number of aryl methyl sites for hydroxylation is 1. The smallest absolute Gasteiger partial charge is 0.233 e. The Morgan fingerprint density at radius 2 is 1.89 bits per heavy atom. The van der Waals surface area contributed by atoms with Gasteiger partial charge in [-0.25, -0.2) is 0 Å². The van der Waals surface area contributed by atoms with Crippen molar-refractivity contribution in [3.63, 3.8) is 0 Å². The molecule has 0 bridgehead atoms. The maximum Gasteiger partial charge on any atom is 0.233 e. The van der Waals surface area contributed by atoms with E-state index in [2.05, 4.69) is 10.2 Å². The summed E-state index contributed by atoms with van der Waals surface area (Å²) < 4.78 is 4.92. The average Bonchev–Trinajstić information content (AvgIpc) is 2.46. The summed E-state index contributed by atoms with van der Waals surface area (Å²) in [6.45, 7) is 0. The largest absolute Gasteiger partial charge is 0.480 e. The molecule has 18 heavy (non-hydrogen) atoms. The van der Waals surface area contributed by atoms with Gasteiger partial charge in [-0.2, -0.15) is 0 Å². The Kier molecular flexibility index (Phi) is 4.25. The number of aliphatic hydroxyl groups is 1. The number of ether oxygens (including phenoxy) is 1. The number of methoxy groups -OCH3 is 1. The molecule has 4 nitrogen and oxygen atoms in total. The van der Waals surface area contributed by atoms with E-state index in [9.17, 15) is 5.11 Å². The molecule has 94 valence electrons. The van der Waals surface area contributed by atoms with Gasteiger partial charge in [-0.1, -0.05) is 30.3 Å². The highest BCUT2D eigenvalue weighted by Gasteiger charge is 2.10. The summed E-state index contributed by atoms with van der Waals surface area (Å²) >= 11 is 0. The first-order valence-corrected chi connectivity index (χ1v) is 5.89. The van der Waals surface area contributed by atoms with E-state index in [0.717, 1.165) is 6.42 Å². The minimum Gasteiger partial charge on any atom is -0.480 e. The second-order valence-corrected chi connectivity index (χ2v) is 4.04. The van der Waals surface area contributed by atoms with Crippen LogP contribution in [0, 0.1) is 0 Å². The van der Waals surface area contributed by atoms with Crippen LogP contribution in [-0.2, 0) is 6.42 Å². The Morgan fingerprint density at radius 1 is 1.11 bits per heavy atom. The molecule has 0 aliphatic rings. The SMILES string of the molecule is COc1ccc(C(O)CCc2ccccc2)nn1. The molecule has 1 atom stereocenters. The van der Waals surface area contributed by atoms with Crippen LogP contribution in [0.3, 0.4) is 0 Å². The molecule has 1 aromatic carbocycles. The van der Waals surface area contributed by atoms with Crippen molar-refractivity contribution in [2.24, 2.45) is 0 Å².